The molecule has 17 heavy (non-hydrogen) atoms. The van der Waals surface area contributed by atoms with Crippen LogP contribution in [-0.2, 0) is 6.42 Å². The van der Waals surface area contributed by atoms with Gasteiger partial charge in [0, 0.05) is 12.1 Å². The van der Waals surface area contributed by atoms with E-state index in [0.717, 1.165) is 37.3 Å². The molecule has 1 aromatic rings. The molecule has 1 aromatic carbocycles. The van der Waals surface area contributed by atoms with Crippen molar-refractivity contribution >= 4 is 0 Å². The van der Waals surface area contributed by atoms with Crippen LogP contribution in [-0.4, -0.2) is 13.1 Å². The highest BCUT2D eigenvalue weighted by atomic mass is 19.1. The summed E-state index contributed by atoms with van der Waals surface area (Å²) in [4.78, 5) is 0. The predicted molar refractivity (Wildman–Crippen MR) is 64.9 cm³/mol. The molecule has 1 fully saturated rings. The molecule has 2 atom stereocenters. The molecule has 1 aliphatic rings. The minimum atomic E-state index is -0.480. The van der Waals surface area contributed by atoms with E-state index in [1.54, 1.807) is 0 Å². The van der Waals surface area contributed by atoms with Crippen LogP contribution < -0.4 is 5.32 Å². The normalized spacial score (nSPS) is 28.6. The van der Waals surface area contributed by atoms with Crippen LogP contribution in [0.15, 0.2) is 18.2 Å². The van der Waals surface area contributed by atoms with Crippen LogP contribution in [0.2, 0.25) is 0 Å². The highest BCUT2D eigenvalue weighted by Gasteiger charge is 2.34. The van der Waals surface area contributed by atoms with Crippen molar-refractivity contribution in [2.75, 3.05) is 7.05 Å². The van der Waals surface area contributed by atoms with Gasteiger partial charge in [0.1, 0.15) is 11.6 Å². The van der Waals surface area contributed by atoms with Gasteiger partial charge in [0.15, 0.2) is 0 Å². The second-order valence-electron chi connectivity index (χ2n) is 5.49. The van der Waals surface area contributed by atoms with E-state index in [2.05, 4.69) is 12.2 Å². The second-order valence-corrected chi connectivity index (χ2v) is 5.49. The number of nitrogens with one attached hydrogen (secondary N) is 1. The summed E-state index contributed by atoms with van der Waals surface area (Å²) in [7, 11) is 1.97. The monoisotopic (exact) mass is 239 g/mol. The number of hydrogen-bond acceptors (Lipinski definition) is 1. The zero-order valence-corrected chi connectivity index (χ0v) is 10.4. The molecule has 0 aliphatic heterocycles. The van der Waals surface area contributed by atoms with Crippen LogP contribution in [0.5, 0.6) is 0 Å². The van der Waals surface area contributed by atoms with Crippen molar-refractivity contribution in [1.82, 2.24) is 5.32 Å². The highest BCUT2D eigenvalue weighted by Crippen LogP contribution is 2.40. The molecular weight excluding hydrogens is 220 g/mol. The summed E-state index contributed by atoms with van der Waals surface area (Å²) in [5.41, 5.74) is 0.926. The molecule has 0 radical (unpaired) electrons. The van der Waals surface area contributed by atoms with Gasteiger partial charge in [0.2, 0.25) is 0 Å². The molecule has 0 spiro atoms. The maximum absolute atomic E-state index is 13.1. The molecule has 1 N–H and O–H groups in total. The fourth-order valence-electron chi connectivity index (χ4n) is 2.93. The van der Waals surface area contributed by atoms with E-state index in [1.807, 2.05) is 7.05 Å². The number of benzene rings is 1. The van der Waals surface area contributed by atoms with Crippen molar-refractivity contribution < 1.29 is 8.78 Å². The Balaban J connectivity index is 2.10. The fraction of sp³-hybridized carbons (Fsp3) is 0.571. The molecule has 2 rings (SSSR count). The van der Waals surface area contributed by atoms with Gasteiger partial charge in [0.05, 0.1) is 0 Å². The van der Waals surface area contributed by atoms with Crippen molar-refractivity contribution in [2.24, 2.45) is 5.41 Å². The first-order chi connectivity index (χ1) is 8.00. The van der Waals surface area contributed by atoms with Crippen molar-refractivity contribution in [2.45, 2.75) is 38.6 Å². The van der Waals surface area contributed by atoms with E-state index in [9.17, 15) is 8.78 Å². The summed E-state index contributed by atoms with van der Waals surface area (Å²) in [5, 5.41) is 3.28. The average molecular weight is 239 g/mol. The predicted octanol–water partition coefficient (Wildman–Crippen LogP) is 3.29. The largest absolute Gasteiger partial charge is 0.317 e. The third-order valence-corrected chi connectivity index (χ3v) is 3.80. The lowest BCUT2D eigenvalue weighted by atomic mass is 9.82. The van der Waals surface area contributed by atoms with Crippen LogP contribution in [0.25, 0.3) is 0 Å². The second kappa shape index (κ2) is 4.73. The Bertz CT molecular complexity index is 385. The Kier molecular flexibility index (Phi) is 3.48. The zero-order chi connectivity index (χ0) is 12.5. The summed E-state index contributed by atoms with van der Waals surface area (Å²) < 4.78 is 26.2. The molecule has 0 saturated heterocycles. The Morgan fingerprint density at radius 3 is 2.47 bits per heavy atom. The lowest BCUT2D eigenvalue weighted by Crippen LogP contribution is -2.24. The third-order valence-electron chi connectivity index (χ3n) is 3.80. The first-order valence-corrected chi connectivity index (χ1v) is 6.13. The average Bonchev–Trinajstić information content (AvgIpc) is 2.58. The maximum atomic E-state index is 13.1. The zero-order valence-electron chi connectivity index (χ0n) is 10.4. The van der Waals surface area contributed by atoms with E-state index in [4.69, 9.17) is 0 Å². The molecule has 1 aliphatic carbocycles. The molecule has 0 amide bonds. The van der Waals surface area contributed by atoms with Gasteiger partial charge in [-0.05, 0) is 55.8 Å². The van der Waals surface area contributed by atoms with E-state index >= 15 is 0 Å². The summed E-state index contributed by atoms with van der Waals surface area (Å²) in [6.45, 7) is 2.20. The summed E-state index contributed by atoms with van der Waals surface area (Å²) in [6, 6.07) is 4.36. The van der Waals surface area contributed by atoms with Crippen molar-refractivity contribution in [3.05, 3.63) is 35.4 Å². The SMILES string of the molecule is CNC1CCC(C)(Cc2cc(F)cc(F)c2)C1. The van der Waals surface area contributed by atoms with E-state index < -0.39 is 11.6 Å². The van der Waals surface area contributed by atoms with Gasteiger partial charge < -0.3 is 5.32 Å². The molecule has 1 saturated carbocycles. The van der Waals surface area contributed by atoms with Crippen LogP contribution >= 0.6 is 0 Å². The van der Waals surface area contributed by atoms with Gasteiger partial charge in [-0.15, -0.1) is 0 Å². The molecule has 3 heteroatoms. The smallest absolute Gasteiger partial charge is 0.126 e. The third kappa shape index (κ3) is 3.03. The summed E-state index contributed by atoms with van der Waals surface area (Å²) in [6.07, 6.45) is 4.07. The van der Waals surface area contributed by atoms with Crippen molar-refractivity contribution in [3.8, 4) is 0 Å². The van der Waals surface area contributed by atoms with Gasteiger partial charge >= 0.3 is 0 Å². The standard InChI is InChI=1S/C14H19F2N/c1-14(4-3-13(9-14)17-2)8-10-5-11(15)7-12(16)6-10/h5-7,13,17H,3-4,8-9H2,1-2H3. The van der Waals surface area contributed by atoms with Crippen LogP contribution in [0.1, 0.15) is 31.7 Å². The number of halogens is 2. The molecule has 0 bridgehead atoms. The first-order valence-electron chi connectivity index (χ1n) is 6.13. The van der Waals surface area contributed by atoms with Crippen LogP contribution in [0, 0.1) is 17.0 Å². The van der Waals surface area contributed by atoms with E-state index in [1.165, 1.54) is 12.1 Å². The van der Waals surface area contributed by atoms with E-state index in [0.29, 0.717) is 6.04 Å². The minimum absolute atomic E-state index is 0.161. The van der Waals surface area contributed by atoms with Gasteiger partial charge in [-0.2, -0.15) is 0 Å². The molecule has 0 heterocycles. The molecule has 1 nitrogen and oxygen atoms in total. The molecule has 0 aromatic heterocycles. The van der Waals surface area contributed by atoms with Crippen molar-refractivity contribution in [1.29, 1.82) is 0 Å². The van der Waals surface area contributed by atoms with Crippen molar-refractivity contribution in [3.63, 3.8) is 0 Å². The number of hydrogen-bond donors (Lipinski definition) is 1. The fourth-order valence-corrected chi connectivity index (χ4v) is 2.93. The van der Waals surface area contributed by atoms with Gasteiger partial charge in [-0.1, -0.05) is 6.92 Å². The van der Waals surface area contributed by atoms with Crippen LogP contribution in [0.3, 0.4) is 0 Å². The Morgan fingerprint density at radius 1 is 1.29 bits per heavy atom. The lowest BCUT2D eigenvalue weighted by Gasteiger charge is -2.24. The Labute approximate surface area is 101 Å². The quantitative estimate of drug-likeness (QED) is 0.853. The summed E-state index contributed by atoms with van der Waals surface area (Å²) >= 11 is 0. The number of rotatable bonds is 3. The van der Waals surface area contributed by atoms with Gasteiger partial charge in [-0.25, -0.2) is 8.78 Å². The maximum Gasteiger partial charge on any atom is 0.126 e. The van der Waals surface area contributed by atoms with Gasteiger partial charge in [0.25, 0.3) is 0 Å². The van der Waals surface area contributed by atoms with Crippen LogP contribution in [0.4, 0.5) is 8.78 Å². The Hall–Kier alpha value is -0.960. The van der Waals surface area contributed by atoms with Gasteiger partial charge in [-0.3, -0.25) is 0 Å². The van der Waals surface area contributed by atoms with E-state index in [-0.39, 0.29) is 5.41 Å². The topological polar surface area (TPSA) is 12.0 Å². The minimum Gasteiger partial charge on any atom is -0.317 e. The molecular formula is C14H19F2N. The lowest BCUT2D eigenvalue weighted by molar-refractivity contribution is 0.323. The summed E-state index contributed by atoms with van der Waals surface area (Å²) in [5.74, 6) is -0.960. The molecule has 2 unspecified atom stereocenters. The highest BCUT2D eigenvalue weighted by molar-refractivity contribution is 5.19. The first kappa shape index (κ1) is 12.5. The Morgan fingerprint density at radius 2 is 1.94 bits per heavy atom. The molecule has 94 valence electrons.